The first-order chi connectivity index (χ1) is 14.6. The zero-order valence-corrected chi connectivity index (χ0v) is 17.6. The van der Waals surface area contributed by atoms with Crippen LogP contribution in [0.15, 0.2) is 41.2 Å². The summed E-state index contributed by atoms with van der Waals surface area (Å²) in [4.78, 5) is 16.7. The maximum atomic E-state index is 13.4. The Labute approximate surface area is 174 Å². The average molecular weight is 407 g/mol. The second-order valence-electron chi connectivity index (χ2n) is 7.96. The molecule has 6 heteroatoms. The molecule has 30 heavy (non-hydrogen) atoms. The summed E-state index contributed by atoms with van der Waals surface area (Å²) in [6.45, 7) is 1.85. The Bertz CT molecular complexity index is 1200. The molecule has 0 unspecified atom stereocenters. The van der Waals surface area contributed by atoms with Crippen LogP contribution in [-0.2, 0) is 14.9 Å². The highest BCUT2D eigenvalue weighted by molar-refractivity contribution is 5.87. The lowest BCUT2D eigenvalue weighted by atomic mass is 9.61. The molecular weight excluding hydrogens is 382 g/mol. The van der Waals surface area contributed by atoms with Gasteiger partial charge in [0.1, 0.15) is 5.75 Å². The van der Waals surface area contributed by atoms with Crippen LogP contribution in [0.3, 0.4) is 0 Å². The van der Waals surface area contributed by atoms with Gasteiger partial charge in [-0.3, -0.25) is 4.79 Å². The Morgan fingerprint density at radius 3 is 2.60 bits per heavy atom. The van der Waals surface area contributed by atoms with Crippen molar-refractivity contribution in [1.82, 2.24) is 4.98 Å². The molecule has 1 fully saturated rings. The van der Waals surface area contributed by atoms with E-state index in [0.717, 1.165) is 40.8 Å². The van der Waals surface area contributed by atoms with Crippen LogP contribution in [0, 0.1) is 6.92 Å². The highest BCUT2D eigenvalue weighted by Crippen LogP contribution is 2.58. The van der Waals surface area contributed by atoms with Crippen molar-refractivity contribution in [3.63, 3.8) is 0 Å². The number of rotatable bonds is 4. The minimum absolute atomic E-state index is 0.110. The first-order valence-electron chi connectivity index (χ1n) is 10.1. The number of hydrogen-bond donors (Lipinski definition) is 1. The second-order valence-corrected chi connectivity index (χ2v) is 7.96. The number of aromatic amines is 1. The number of methoxy groups -OCH3 is 3. The smallest absolute Gasteiger partial charge is 0.231 e. The fourth-order valence-corrected chi connectivity index (χ4v) is 5.44. The molecule has 2 aromatic carbocycles. The van der Waals surface area contributed by atoms with Gasteiger partial charge in [-0.15, -0.1) is 0 Å². The molecule has 1 aliphatic carbocycles. The standard InChI is InChI=1S/C24H25NO5/c1-13-22(28-3)21(26)20-16(25-13)10-9-15-19(20)18-11-12-24(15,23(29-4)30-18)14-7-5-6-8-17(14)27-2/h5-10,18,23H,11-12H2,1-4H3,(H,25,26)/t18-,23-,24-/m0/s1. The SMILES string of the molecule is COc1ccccc1[C@]12CC[C@H](O[C@@H]1OC)c1c2ccc2[nH]c(C)c(OC)c(=O)c12. The lowest BCUT2D eigenvalue weighted by molar-refractivity contribution is -0.225. The van der Waals surface area contributed by atoms with E-state index in [9.17, 15) is 4.79 Å². The third-order valence-corrected chi connectivity index (χ3v) is 6.64. The van der Waals surface area contributed by atoms with Crippen molar-refractivity contribution in [3.8, 4) is 11.5 Å². The molecule has 0 saturated carbocycles. The Balaban J connectivity index is 1.90. The van der Waals surface area contributed by atoms with Gasteiger partial charge in [-0.2, -0.15) is 0 Å². The van der Waals surface area contributed by atoms with Crippen LogP contribution >= 0.6 is 0 Å². The summed E-state index contributed by atoms with van der Waals surface area (Å²) in [6.07, 6.45) is 0.956. The van der Waals surface area contributed by atoms with Gasteiger partial charge < -0.3 is 23.9 Å². The van der Waals surface area contributed by atoms with E-state index in [-0.39, 0.29) is 11.5 Å². The zero-order chi connectivity index (χ0) is 21.0. The number of fused-ring (bicyclic) bond motifs is 3. The van der Waals surface area contributed by atoms with Crippen LogP contribution in [0.2, 0.25) is 0 Å². The molecule has 3 atom stereocenters. The van der Waals surface area contributed by atoms with E-state index >= 15 is 0 Å². The normalized spacial score (nSPS) is 24.7. The average Bonchev–Trinajstić information content (AvgIpc) is 2.78. The molecule has 2 aliphatic heterocycles. The van der Waals surface area contributed by atoms with Gasteiger partial charge in [0.05, 0.1) is 42.3 Å². The van der Waals surface area contributed by atoms with Gasteiger partial charge in [-0.25, -0.2) is 0 Å². The number of benzene rings is 2. The van der Waals surface area contributed by atoms with Crippen LogP contribution in [0.1, 0.15) is 41.3 Å². The van der Waals surface area contributed by atoms with E-state index in [1.807, 2.05) is 31.2 Å². The van der Waals surface area contributed by atoms with Crippen molar-refractivity contribution in [2.24, 2.45) is 0 Å². The molecule has 6 nitrogen and oxygen atoms in total. The van der Waals surface area contributed by atoms with E-state index in [2.05, 4.69) is 17.1 Å². The molecule has 1 aromatic heterocycles. The van der Waals surface area contributed by atoms with E-state index in [1.54, 1.807) is 14.2 Å². The van der Waals surface area contributed by atoms with Crippen molar-refractivity contribution >= 4 is 10.9 Å². The lowest BCUT2D eigenvalue weighted by Gasteiger charge is -2.52. The molecule has 6 rings (SSSR count). The Kier molecular flexibility index (Phi) is 4.38. The van der Waals surface area contributed by atoms with Crippen LogP contribution in [0.4, 0.5) is 0 Å². The maximum Gasteiger partial charge on any atom is 0.231 e. The van der Waals surface area contributed by atoms with Crippen LogP contribution in [0.5, 0.6) is 11.5 Å². The fourth-order valence-electron chi connectivity index (χ4n) is 5.44. The fraction of sp³-hybridized carbons (Fsp3) is 0.375. The van der Waals surface area contributed by atoms with Gasteiger partial charge >= 0.3 is 0 Å². The number of aromatic nitrogens is 1. The van der Waals surface area contributed by atoms with E-state index in [1.165, 1.54) is 7.11 Å². The van der Waals surface area contributed by atoms with Crippen molar-refractivity contribution in [2.75, 3.05) is 21.3 Å². The Hall–Kier alpha value is -2.83. The Morgan fingerprint density at radius 2 is 1.87 bits per heavy atom. The second kappa shape index (κ2) is 6.86. The minimum atomic E-state index is -0.565. The van der Waals surface area contributed by atoms with Crippen molar-refractivity contribution in [1.29, 1.82) is 0 Å². The number of pyridine rings is 1. The van der Waals surface area contributed by atoms with Crippen molar-refractivity contribution in [2.45, 2.75) is 37.6 Å². The first-order valence-corrected chi connectivity index (χ1v) is 10.1. The van der Waals surface area contributed by atoms with E-state index in [0.29, 0.717) is 16.8 Å². The number of aryl methyl sites for hydroxylation is 1. The maximum absolute atomic E-state index is 13.4. The largest absolute Gasteiger partial charge is 0.496 e. The van der Waals surface area contributed by atoms with Crippen LogP contribution in [0.25, 0.3) is 10.9 Å². The van der Waals surface area contributed by atoms with Gasteiger partial charge in [0.25, 0.3) is 0 Å². The van der Waals surface area contributed by atoms with Crippen LogP contribution < -0.4 is 14.9 Å². The summed E-state index contributed by atoms with van der Waals surface area (Å²) < 4.78 is 23.4. The summed E-state index contributed by atoms with van der Waals surface area (Å²) in [6, 6.07) is 12.1. The predicted molar refractivity (Wildman–Crippen MR) is 113 cm³/mol. The molecule has 156 valence electrons. The monoisotopic (exact) mass is 407 g/mol. The molecule has 1 N–H and O–H groups in total. The highest BCUT2D eigenvalue weighted by Gasteiger charge is 2.55. The molecule has 2 bridgehead atoms. The number of para-hydroxylation sites is 1. The molecule has 1 saturated heterocycles. The topological polar surface area (TPSA) is 69.8 Å². The van der Waals surface area contributed by atoms with E-state index < -0.39 is 11.7 Å². The van der Waals surface area contributed by atoms with Gasteiger partial charge in [-0.05, 0) is 43.0 Å². The van der Waals surface area contributed by atoms with Gasteiger partial charge in [0.2, 0.25) is 5.43 Å². The quantitative estimate of drug-likeness (QED) is 0.709. The summed E-state index contributed by atoms with van der Waals surface area (Å²) in [5, 5.41) is 0.633. The van der Waals surface area contributed by atoms with Crippen molar-refractivity contribution < 1.29 is 18.9 Å². The van der Waals surface area contributed by atoms with E-state index in [4.69, 9.17) is 18.9 Å². The van der Waals surface area contributed by atoms with Crippen molar-refractivity contribution in [3.05, 3.63) is 69.0 Å². The summed E-state index contributed by atoms with van der Waals surface area (Å²) >= 11 is 0. The summed E-state index contributed by atoms with van der Waals surface area (Å²) in [7, 11) is 4.87. The summed E-state index contributed by atoms with van der Waals surface area (Å²) in [5.41, 5.74) is 3.82. The van der Waals surface area contributed by atoms with Crippen LogP contribution in [-0.4, -0.2) is 32.6 Å². The minimum Gasteiger partial charge on any atom is -0.496 e. The number of hydrogen-bond acceptors (Lipinski definition) is 5. The third kappa shape index (κ3) is 2.35. The molecule has 0 amide bonds. The molecule has 0 spiro atoms. The molecule has 3 aliphatic rings. The Morgan fingerprint density at radius 1 is 1.07 bits per heavy atom. The number of nitrogens with one attached hydrogen (secondary N) is 1. The van der Waals surface area contributed by atoms with Gasteiger partial charge in [0, 0.05) is 12.7 Å². The van der Waals surface area contributed by atoms with Gasteiger partial charge in [0.15, 0.2) is 12.0 Å². The predicted octanol–water partition coefficient (Wildman–Crippen LogP) is 3.98. The number of ether oxygens (including phenoxy) is 4. The molecule has 0 radical (unpaired) electrons. The lowest BCUT2D eigenvalue weighted by Crippen LogP contribution is -2.52. The molecule has 3 heterocycles. The van der Waals surface area contributed by atoms with Gasteiger partial charge in [-0.1, -0.05) is 24.3 Å². The highest BCUT2D eigenvalue weighted by atomic mass is 16.7. The molecular formula is C24H25NO5. The number of H-pyrrole nitrogens is 1. The zero-order valence-electron chi connectivity index (χ0n) is 17.6. The molecule has 3 aromatic rings. The first kappa shape index (κ1) is 19.2. The third-order valence-electron chi connectivity index (χ3n) is 6.64. The summed E-state index contributed by atoms with van der Waals surface area (Å²) in [5.74, 6) is 1.12.